The number of hydrogen-bond donors (Lipinski definition) is 3. The van der Waals surface area contributed by atoms with E-state index < -0.39 is 20.0 Å². The average molecular weight is 321 g/mol. The van der Waals surface area contributed by atoms with Gasteiger partial charge < -0.3 is 5.73 Å². The van der Waals surface area contributed by atoms with Crippen LogP contribution in [-0.4, -0.2) is 35.7 Å². The first-order chi connectivity index (χ1) is 9.18. The summed E-state index contributed by atoms with van der Waals surface area (Å²) in [6.07, 6.45) is 0. The van der Waals surface area contributed by atoms with Gasteiger partial charge in [0.1, 0.15) is 0 Å². The first kappa shape index (κ1) is 16.9. The molecule has 0 aliphatic rings. The molecule has 20 heavy (non-hydrogen) atoms. The molecule has 0 heterocycles. The lowest BCUT2D eigenvalue weighted by molar-refractivity contribution is 0.576. The molecule has 0 atom stereocenters. The number of aryl methyl sites for hydroxylation is 1. The Morgan fingerprint density at radius 1 is 1.15 bits per heavy atom. The van der Waals surface area contributed by atoms with Crippen molar-refractivity contribution in [2.75, 3.05) is 24.6 Å². The van der Waals surface area contributed by atoms with E-state index in [0.29, 0.717) is 11.3 Å². The molecule has 0 aliphatic heterocycles. The lowest BCUT2D eigenvalue weighted by Gasteiger charge is -2.09. The van der Waals surface area contributed by atoms with Gasteiger partial charge in [-0.05, 0) is 30.7 Å². The molecule has 0 aliphatic carbocycles. The second-order valence-electron chi connectivity index (χ2n) is 4.23. The van der Waals surface area contributed by atoms with Crippen LogP contribution in [0, 0.1) is 6.92 Å². The summed E-state index contributed by atoms with van der Waals surface area (Å²) in [7, 11) is -7.18. The van der Waals surface area contributed by atoms with Gasteiger partial charge in [-0.2, -0.15) is 0 Å². The van der Waals surface area contributed by atoms with E-state index in [0.717, 1.165) is 0 Å². The molecule has 0 amide bonds. The molecule has 1 aromatic rings. The molecule has 0 unspecified atom stereocenters. The molecule has 0 saturated heterocycles. The number of rotatable bonds is 7. The number of benzene rings is 1. The molecule has 7 nitrogen and oxygen atoms in total. The zero-order valence-electron chi connectivity index (χ0n) is 11.4. The summed E-state index contributed by atoms with van der Waals surface area (Å²) in [4.78, 5) is 0.0602. The normalized spacial score (nSPS) is 12.5. The predicted octanol–water partition coefficient (Wildman–Crippen LogP) is -0.205. The Balaban J connectivity index is 2.74. The Hall–Kier alpha value is -1.16. The predicted molar refractivity (Wildman–Crippen MR) is 78.2 cm³/mol. The molecule has 0 aromatic heterocycles. The summed E-state index contributed by atoms with van der Waals surface area (Å²) in [6, 6.07) is 4.32. The molecule has 0 radical (unpaired) electrons. The van der Waals surface area contributed by atoms with Crippen LogP contribution in [0.25, 0.3) is 0 Å². The molecule has 0 bridgehead atoms. The minimum atomic E-state index is -3.73. The lowest BCUT2D eigenvalue weighted by Crippen LogP contribution is -2.34. The number of nitrogens with one attached hydrogen (secondary N) is 2. The van der Waals surface area contributed by atoms with E-state index in [9.17, 15) is 16.8 Å². The SMILES string of the molecule is CCNS(=O)(=O)CCNS(=O)(=O)c1ccc(N)c(C)c1. The van der Waals surface area contributed by atoms with Crippen molar-refractivity contribution < 1.29 is 16.8 Å². The summed E-state index contributed by atoms with van der Waals surface area (Å²) in [6.45, 7) is 3.43. The van der Waals surface area contributed by atoms with Gasteiger partial charge in [0, 0.05) is 18.8 Å². The van der Waals surface area contributed by atoms with Crippen LogP contribution in [0.4, 0.5) is 5.69 Å². The second kappa shape index (κ2) is 6.53. The van der Waals surface area contributed by atoms with Crippen molar-refractivity contribution in [3.63, 3.8) is 0 Å². The van der Waals surface area contributed by atoms with Gasteiger partial charge in [-0.25, -0.2) is 26.3 Å². The number of anilines is 1. The van der Waals surface area contributed by atoms with E-state index in [4.69, 9.17) is 5.73 Å². The first-order valence-electron chi connectivity index (χ1n) is 6.01. The smallest absolute Gasteiger partial charge is 0.240 e. The number of nitrogen functional groups attached to an aromatic ring is 1. The molecule has 1 aromatic carbocycles. The molecule has 4 N–H and O–H groups in total. The molecule has 0 spiro atoms. The van der Waals surface area contributed by atoms with E-state index in [1.807, 2.05) is 0 Å². The molecule has 9 heteroatoms. The summed E-state index contributed by atoms with van der Waals surface area (Å²) >= 11 is 0. The summed E-state index contributed by atoms with van der Waals surface area (Å²) < 4.78 is 51.3. The number of hydrogen-bond acceptors (Lipinski definition) is 5. The summed E-state index contributed by atoms with van der Waals surface area (Å²) in [5.41, 5.74) is 6.76. The fourth-order valence-electron chi connectivity index (χ4n) is 1.50. The highest BCUT2D eigenvalue weighted by Crippen LogP contribution is 2.16. The Morgan fingerprint density at radius 3 is 2.35 bits per heavy atom. The van der Waals surface area contributed by atoms with Gasteiger partial charge >= 0.3 is 0 Å². The van der Waals surface area contributed by atoms with Crippen LogP contribution in [0.1, 0.15) is 12.5 Å². The number of sulfonamides is 2. The van der Waals surface area contributed by atoms with Crippen molar-refractivity contribution in [2.45, 2.75) is 18.7 Å². The van der Waals surface area contributed by atoms with Crippen LogP contribution >= 0.6 is 0 Å². The molecular weight excluding hydrogens is 302 g/mol. The highest BCUT2D eigenvalue weighted by Gasteiger charge is 2.16. The van der Waals surface area contributed by atoms with Crippen molar-refractivity contribution in [3.8, 4) is 0 Å². The van der Waals surface area contributed by atoms with E-state index in [1.54, 1.807) is 13.8 Å². The van der Waals surface area contributed by atoms with Gasteiger partial charge in [-0.15, -0.1) is 0 Å². The Bertz CT molecular complexity index is 669. The Kier molecular flexibility index (Phi) is 5.51. The van der Waals surface area contributed by atoms with Gasteiger partial charge in [-0.1, -0.05) is 6.92 Å². The van der Waals surface area contributed by atoms with Crippen molar-refractivity contribution in [3.05, 3.63) is 23.8 Å². The van der Waals surface area contributed by atoms with Gasteiger partial charge in [-0.3, -0.25) is 0 Å². The van der Waals surface area contributed by atoms with E-state index >= 15 is 0 Å². The monoisotopic (exact) mass is 321 g/mol. The molecule has 1 rings (SSSR count). The maximum atomic E-state index is 12.0. The van der Waals surface area contributed by atoms with Gasteiger partial charge in [0.05, 0.1) is 10.6 Å². The minimum absolute atomic E-state index is 0.0602. The quantitative estimate of drug-likeness (QED) is 0.601. The largest absolute Gasteiger partial charge is 0.399 e. The summed E-state index contributed by atoms with van der Waals surface area (Å²) in [5.74, 6) is -0.311. The molecule has 0 fully saturated rings. The Labute approximate surface area is 119 Å². The van der Waals surface area contributed by atoms with Crippen LogP contribution in [-0.2, 0) is 20.0 Å². The van der Waals surface area contributed by atoms with E-state index in [1.165, 1.54) is 18.2 Å². The highest BCUT2D eigenvalue weighted by atomic mass is 32.2. The standard InChI is InChI=1S/C11H19N3O4S2/c1-3-13-19(15,16)7-6-14-20(17,18)10-4-5-11(12)9(2)8-10/h4-5,8,13-14H,3,6-7,12H2,1-2H3. The average Bonchev–Trinajstić information content (AvgIpc) is 2.31. The van der Waals surface area contributed by atoms with Crippen molar-refractivity contribution in [2.24, 2.45) is 0 Å². The van der Waals surface area contributed by atoms with Crippen LogP contribution in [0.5, 0.6) is 0 Å². The lowest BCUT2D eigenvalue weighted by atomic mass is 10.2. The third-order valence-corrected chi connectivity index (χ3v) is 5.51. The van der Waals surface area contributed by atoms with Crippen LogP contribution in [0.3, 0.4) is 0 Å². The zero-order valence-corrected chi connectivity index (χ0v) is 13.0. The molecular formula is C11H19N3O4S2. The van der Waals surface area contributed by atoms with Gasteiger partial charge in [0.25, 0.3) is 0 Å². The van der Waals surface area contributed by atoms with Crippen molar-refractivity contribution in [1.29, 1.82) is 0 Å². The van der Waals surface area contributed by atoms with Crippen LogP contribution in [0.15, 0.2) is 23.1 Å². The third-order valence-electron chi connectivity index (χ3n) is 2.58. The topological polar surface area (TPSA) is 118 Å². The third kappa shape index (κ3) is 4.75. The van der Waals surface area contributed by atoms with Crippen molar-refractivity contribution >= 4 is 25.7 Å². The summed E-state index contributed by atoms with van der Waals surface area (Å²) in [5, 5.41) is 0. The fourth-order valence-corrected chi connectivity index (χ4v) is 3.70. The zero-order chi connectivity index (χ0) is 15.4. The maximum absolute atomic E-state index is 12.0. The van der Waals surface area contributed by atoms with Crippen molar-refractivity contribution in [1.82, 2.24) is 9.44 Å². The fraction of sp³-hybridized carbons (Fsp3) is 0.455. The number of nitrogens with two attached hydrogens (primary N) is 1. The maximum Gasteiger partial charge on any atom is 0.240 e. The van der Waals surface area contributed by atoms with E-state index in [2.05, 4.69) is 9.44 Å². The van der Waals surface area contributed by atoms with Gasteiger partial charge in [0.15, 0.2) is 0 Å². The highest BCUT2D eigenvalue weighted by molar-refractivity contribution is 7.90. The van der Waals surface area contributed by atoms with Gasteiger partial charge in [0.2, 0.25) is 20.0 Å². The first-order valence-corrected chi connectivity index (χ1v) is 9.14. The Morgan fingerprint density at radius 2 is 1.80 bits per heavy atom. The molecule has 0 saturated carbocycles. The van der Waals surface area contributed by atoms with E-state index in [-0.39, 0.29) is 23.7 Å². The minimum Gasteiger partial charge on any atom is -0.399 e. The van der Waals surface area contributed by atoms with Crippen LogP contribution in [0.2, 0.25) is 0 Å². The molecule has 114 valence electrons. The second-order valence-corrected chi connectivity index (χ2v) is 7.93. The van der Waals surface area contributed by atoms with Crippen LogP contribution < -0.4 is 15.2 Å².